The van der Waals surface area contributed by atoms with E-state index in [9.17, 15) is 0 Å². The highest BCUT2D eigenvalue weighted by Gasteiger charge is 2.17. The molecule has 7 aromatic rings. The predicted molar refractivity (Wildman–Crippen MR) is 182 cm³/mol. The van der Waals surface area contributed by atoms with Crippen LogP contribution in [-0.4, -0.2) is 16.1 Å². The van der Waals surface area contributed by atoms with E-state index in [1.54, 1.807) is 0 Å². The van der Waals surface area contributed by atoms with Crippen LogP contribution in [0, 0.1) is 13.8 Å². The molecule has 0 aliphatic heterocycles. The average Bonchev–Trinajstić information content (AvgIpc) is 3.56. The van der Waals surface area contributed by atoms with E-state index in [-0.39, 0.29) is 0 Å². The zero-order valence-electron chi connectivity index (χ0n) is 25.0. The van der Waals surface area contributed by atoms with E-state index >= 15 is 0 Å². The van der Waals surface area contributed by atoms with Crippen molar-refractivity contribution in [3.05, 3.63) is 150 Å². The van der Waals surface area contributed by atoms with E-state index in [1.807, 2.05) is 85.8 Å². The van der Waals surface area contributed by atoms with Gasteiger partial charge >= 0.3 is 0 Å². The van der Waals surface area contributed by atoms with Crippen molar-refractivity contribution in [1.82, 2.24) is 10.2 Å². The summed E-state index contributed by atoms with van der Waals surface area (Å²) in [4.78, 5) is 0. The van der Waals surface area contributed by atoms with Gasteiger partial charge in [-0.2, -0.15) is 0 Å². The lowest BCUT2D eigenvalue weighted by atomic mass is 9.96. The quantitative estimate of drug-likeness (QED) is 0.0690. The first kappa shape index (κ1) is 27.8. The molecule has 1 aromatic heterocycles. The van der Waals surface area contributed by atoms with Crippen molar-refractivity contribution >= 4 is 33.2 Å². The summed E-state index contributed by atoms with van der Waals surface area (Å²) in [5.41, 5.74) is 7.71. The molecule has 45 heavy (non-hydrogen) atoms. The molecule has 0 spiro atoms. The monoisotopic (exact) mass is 586 g/mol. The van der Waals surface area contributed by atoms with Gasteiger partial charge < -0.3 is 15.0 Å². The second kappa shape index (κ2) is 11.6. The number of hydrogen-bond acceptors (Lipinski definition) is 6. The summed E-state index contributed by atoms with van der Waals surface area (Å²) in [6.07, 6.45) is 0. The molecule has 0 saturated heterocycles. The van der Waals surface area contributed by atoms with Crippen molar-refractivity contribution in [2.45, 2.75) is 13.8 Å². The fourth-order valence-corrected chi connectivity index (χ4v) is 5.83. The van der Waals surface area contributed by atoms with Crippen LogP contribution in [0.3, 0.4) is 0 Å². The number of ether oxygens (including phenoxy) is 1. The minimum atomic E-state index is 0.316. The normalized spacial score (nSPS) is 11.6. The Morgan fingerprint density at radius 2 is 1.24 bits per heavy atom. The number of nitrogens with zero attached hydrogens (tertiary/aromatic N) is 3. The number of fused-ring (bicyclic) bond motifs is 2. The van der Waals surface area contributed by atoms with Crippen molar-refractivity contribution in [1.29, 1.82) is 0 Å². The van der Waals surface area contributed by atoms with Crippen molar-refractivity contribution in [2.24, 2.45) is 10.9 Å². The van der Waals surface area contributed by atoms with Crippen molar-refractivity contribution in [3.63, 3.8) is 0 Å². The predicted octanol–water partition coefficient (Wildman–Crippen LogP) is 9.30. The van der Waals surface area contributed by atoms with Crippen LogP contribution in [0.1, 0.15) is 22.3 Å². The van der Waals surface area contributed by atoms with Crippen molar-refractivity contribution in [3.8, 4) is 34.0 Å². The van der Waals surface area contributed by atoms with Gasteiger partial charge in [0.05, 0.1) is 0 Å². The molecule has 0 radical (unpaired) electrons. The Kier molecular flexibility index (Phi) is 7.16. The van der Waals surface area contributed by atoms with E-state index in [4.69, 9.17) is 15.0 Å². The molecular weight excluding hydrogens is 556 g/mol. The highest BCUT2D eigenvalue weighted by Crippen LogP contribution is 2.33. The molecule has 0 unspecified atom stereocenters. The molecule has 7 rings (SSSR count). The van der Waals surface area contributed by atoms with Gasteiger partial charge in [-0.05, 0) is 75.8 Å². The van der Waals surface area contributed by atoms with Gasteiger partial charge in [0.2, 0.25) is 17.7 Å². The fourth-order valence-electron chi connectivity index (χ4n) is 5.83. The van der Waals surface area contributed by atoms with Crippen LogP contribution < -0.4 is 5.84 Å². The first-order chi connectivity index (χ1) is 22.0. The Morgan fingerprint density at radius 1 is 0.644 bits per heavy atom. The summed E-state index contributed by atoms with van der Waals surface area (Å²) in [6.45, 7) is 8.29. The summed E-state index contributed by atoms with van der Waals surface area (Å²) < 4.78 is 12.3. The smallest absolute Gasteiger partial charge is 0.248 e. The van der Waals surface area contributed by atoms with E-state index in [2.05, 4.69) is 71.3 Å². The van der Waals surface area contributed by atoms with Gasteiger partial charge in [0.1, 0.15) is 5.76 Å². The van der Waals surface area contributed by atoms with E-state index in [0.29, 0.717) is 23.4 Å². The lowest BCUT2D eigenvalue weighted by molar-refractivity contribution is 0.508. The van der Waals surface area contributed by atoms with Gasteiger partial charge in [-0.1, -0.05) is 110 Å². The number of hydrazone groups is 1. The third kappa shape index (κ3) is 5.23. The lowest BCUT2D eigenvalue weighted by Crippen LogP contribution is -2.10. The zero-order chi connectivity index (χ0) is 30.9. The van der Waals surface area contributed by atoms with E-state index in [1.165, 1.54) is 0 Å². The highest BCUT2D eigenvalue weighted by molar-refractivity contribution is 6.08. The molecular formula is C39H30N4O2. The number of aromatic nitrogens is 2. The Bertz CT molecular complexity index is 2250. The summed E-state index contributed by atoms with van der Waals surface area (Å²) in [6, 6.07) is 40.7. The second-order valence-electron chi connectivity index (χ2n) is 11.0. The number of nitrogens with two attached hydrogens (primary N) is 1. The van der Waals surface area contributed by atoms with Gasteiger partial charge in [0, 0.05) is 22.3 Å². The van der Waals surface area contributed by atoms with Gasteiger partial charge in [0.25, 0.3) is 0 Å². The molecule has 0 amide bonds. The average molecular weight is 587 g/mol. The van der Waals surface area contributed by atoms with Crippen LogP contribution in [-0.2, 0) is 4.74 Å². The fraction of sp³-hybridized carbons (Fsp3) is 0.0513. The molecule has 0 atom stereocenters. The largest absolute Gasteiger partial charge is 0.437 e. The van der Waals surface area contributed by atoms with Crippen LogP contribution in [0.25, 0.3) is 61.3 Å². The molecule has 0 fully saturated rings. The van der Waals surface area contributed by atoms with Gasteiger partial charge in [0.15, 0.2) is 0 Å². The summed E-state index contributed by atoms with van der Waals surface area (Å²) in [7, 11) is 0. The standard InChI is InChI=1S/C39H30N4O2/c1-24-22-29(18-20-31(24)26(3)44-37(41-40)35-16-8-12-27-10-4-6-14-33(27)35)30-19-21-32(25(2)23-30)38-42-43-39(45-38)36-17-9-13-28-11-5-7-15-34(28)36/h4-23H,3,40H2,1-2H3/b41-37-. The molecule has 0 saturated carbocycles. The molecule has 6 nitrogen and oxygen atoms in total. The second-order valence-corrected chi connectivity index (χ2v) is 11.0. The highest BCUT2D eigenvalue weighted by atomic mass is 16.5. The molecule has 0 aliphatic carbocycles. The third-order valence-corrected chi connectivity index (χ3v) is 8.12. The van der Waals surface area contributed by atoms with Crippen molar-refractivity contribution < 1.29 is 9.15 Å². The lowest BCUT2D eigenvalue weighted by Gasteiger charge is -2.15. The van der Waals surface area contributed by atoms with Gasteiger partial charge in [-0.25, -0.2) is 0 Å². The molecule has 0 bridgehead atoms. The van der Waals surface area contributed by atoms with Crippen molar-refractivity contribution in [2.75, 3.05) is 0 Å². The Balaban J connectivity index is 1.12. The van der Waals surface area contributed by atoms with Crippen LogP contribution in [0.15, 0.2) is 137 Å². The minimum Gasteiger partial charge on any atom is -0.437 e. The van der Waals surface area contributed by atoms with Crippen LogP contribution in [0.5, 0.6) is 0 Å². The van der Waals surface area contributed by atoms with Gasteiger partial charge in [-0.15, -0.1) is 15.3 Å². The van der Waals surface area contributed by atoms with Gasteiger partial charge in [-0.3, -0.25) is 0 Å². The number of hydrogen-bond donors (Lipinski definition) is 1. The summed E-state index contributed by atoms with van der Waals surface area (Å²) in [5.74, 6) is 7.57. The number of benzene rings is 6. The van der Waals surface area contributed by atoms with E-state index in [0.717, 1.165) is 66.1 Å². The van der Waals surface area contributed by atoms with Crippen LogP contribution in [0.2, 0.25) is 0 Å². The van der Waals surface area contributed by atoms with E-state index < -0.39 is 0 Å². The molecule has 218 valence electrons. The Labute approximate surface area is 261 Å². The maximum absolute atomic E-state index is 6.18. The Hall–Kier alpha value is -6.01. The molecule has 0 aliphatic rings. The molecule has 1 heterocycles. The van der Waals surface area contributed by atoms with Crippen LogP contribution >= 0.6 is 0 Å². The summed E-state index contributed by atoms with van der Waals surface area (Å²) >= 11 is 0. The Morgan fingerprint density at radius 3 is 1.96 bits per heavy atom. The SMILES string of the molecule is C=C(O/C(=N\N)c1cccc2ccccc12)c1ccc(-c2ccc(-c3nnc(-c4cccc5ccccc45)o3)c(C)c2)cc1C. The topological polar surface area (TPSA) is 86.5 Å². The van der Waals surface area contributed by atoms with Crippen LogP contribution in [0.4, 0.5) is 0 Å². The minimum absolute atomic E-state index is 0.316. The maximum atomic E-state index is 6.18. The summed E-state index contributed by atoms with van der Waals surface area (Å²) in [5, 5.41) is 17.0. The zero-order valence-corrected chi connectivity index (χ0v) is 25.0. The first-order valence-corrected chi connectivity index (χ1v) is 14.7. The number of aryl methyl sites for hydroxylation is 2. The number of rotatable bonds is 6. The molecule has 6 heteroatoms. The maximum Gasteiger partial charge on any atom is 0.248 e. The first-order valence-electron chi connectivity index (χ1n) is 14.7. The third-order valence-electron chi connectivity index (χ3n) is 8.12. The molecule has 2 N–H and O–H groups in total. The molecule has 6 aromatic carbocycles.